The van der Waals surface area contributed by atoms with E-state index in [2.05, 4.69) is 53.1 Å². The molecule has 2 aliphatic heterocycles. The second-order valence-electron chi connectivity index (χ2n) is 6.17. The van der Waals surface area contributed by atoms with E-state index in [-0.39, 0.29) is 0 Å². The van der Waals surface area contributed by atoms with Gasteiger partial charge in [0.2, 0.25) is 0 Å². The van der Waals surface area contributed by atoms with E-state index in [1.54, 1.807) is 0 Å². The predicted octanol–water partition coefficient (Wildman–Crippen LogP) is 3.16. The monoisotopic (exact) mass is 277 g/mol. The Bertz CT molecular complexity index is 653. The molecule has 2 N–H and O–H groups in total. The van der Waals surface area contributed by atoms with Gasteiger partial charge >= 0.3 is 0 Å². The Kier molecular flexibility index (Phi) is 3.05. The summed E-state index contributed by atoms with van der Waals surface area (Å²) in [6, 6.07) is 11.8. The predicted molar refractivity (Wildman–Crippen MR) is 83.6 cm³/mol. The largest absolute Gasteiger partial charge is 0.381 e. The molecule has 0 spiro atoms. The first kappa shape index (κ1) is 12.7. The van der Waals surface area contributed by atoms with Gasteiger partial charge in [-0.3, -0.25) is 0 Å². The van der Waals surface area contributed by atoms with E-state index in [9.17, 15) is 0 Å². The van der Waals surface area contributed by atoms with Gasteiger partial charge in [-0.15, -0.1) is 0 Å². The van der Waals surface area contributed by atoms with Gasteiger partial charge in [0.15, 0.2) is 0 Å². The van der Waals surface area contributed by atoms with Crippen molar-refractivity contribution in [2.45, 2.75) is 24.9 Å². The number of fused-ring (bicyclic) bond motifs is 3. The minimum Gasteiger partial charge on any atom is -0.381 e. The molecule has 2 heterocycles. The van der Waals surface area contributed by atoms with E-state index in [1.807, 2.05) is 6.08 Å². The average Bonchev–Trinajstić information content (AvgIpc) is 3.04. The van der Waals surface area contributed by atoms with E-state index in [1.165, 1.54) is 17.7 Å². The van der Waals surface area contributed by atoms with Crippen LogP contribution in [-0.4, -0.2) is 12.6 Å². The second kappa shape index (κ2) is 5.05. The molecular formula is C18H19N3. The van der Waals surface area contributed by atoms with Gasteiger partial charge < -0.3 is 10.6 Å². The van der Waals surface area contributed by atoms with Crippen LogP contribution in [0.1, 0.15) is 24.4 Å². The summed E-state index contributed by atoms with van der Waals surface area (Å²) in [7, 11) is 0. The maximum Gasteiger partial charge on any atom is 0.0988 e. The number of hydrogen-bond donors (Lipinski definition) is 2. The summed E-state index contributed by atoms with van der Waals surface area (Å²) in [6.07, 6.45) is 8.45. The lowest BCUT2D eigenvalue weighted by atomic mass is 9.75. The second-order valence-corrected chi connectivity index (χ2v) is 6.17. The van der Waals surface area contributed by atoms with E-state index < -0.39 is 0 Å². The van der Waals surface area contributed by atoms with Crippen LogP contribution < -0.4 is 10.6 Å². The van der Waals surface area contributed by atoms with Crippen molar-refractivity contribution in [3.63, 3.8) is 0 Å². The molecule has 1 aromatic rings. The highest BCUT2D eigenvalue weighted by Crippen LogP contribution is 2.44. The number of para-hydroxylation sites is 1. The van der Waals surface area contributed by atoms with Crippen molar-refractivity contribution in [1.82, 2.24) is 5.32 Å². The highest BCUT2D eigenvalue weighted by Gasteiger charge is 2.41. The van der Waals surface area contributed by atoms with Crippen molar-refractivity contribution in [3.8, 4) is 6.07 Å². The van der Waals surface area contributed by atoms with Gasteiger partial charge in [-0.05, 0) is 37.1 Å². The Labute approximate surface area is 125 Å². The van der Waals surface area contributed by atoms with Crippen LogP contribution in [0.2, 0.25) is 0 Å². The van der Waals surface area contributed by atoms with Crippen LogP contribution in [0.4, 0.5) is 5.69 Å². The van der Waals surface area contributed by atoms with Gasteiger partial charge in [0.25, 0.3) is 0 Å². The van der Waals surface area contributed by atoms with Gasteiger partial charge in [0.05, 0.1) is 6.07 Å². The minimum atomic E-state index is 0.452. The van der Waals surface area contributed by atoms with Crippen LogP contribution in [0.25, 0.3) is 0 Å². The Morgan fingerprint density at radius 1 is 1.24 bits per heavy atom. The fourth-order valence-corrected chi connectivity index (χ4v) is 4.05. The molecule has 4 rings (SSSR count). The number of rotatable bonds is 1. The quantitative estimate of drug-likeness (QED) is 0.829. The molecule has 21 heavy (non-hydrogen) atoms. The first-order valence-corrected chi connectivity index (χ1v) is 7.74. The van der Waals surface area contributed by atoms with E-state index in [4.69, 9.17) is 5.26 Å². The molecule has 1 unspecified atom stereocenters. The topological polar surface area (TPSA) is 47.9 Å². The third-order valence-electron chi connectivity index (χ3n) is 5.07. The molecular weight excluding hydrogens is 258 g/mol. The highest BCUT2D eigenvalue weighted by molar-refractivity contribution is 5.57. The summed E-state index contributed by atoms with van der Waals surface area (Å²) in [5.41, 5.74) is 3.47. The van der Waals surface area contributed by atoms with Gasteiger partial charge in [-0.2, -0.15) is 5.26 Å². The number of benzene rings is 1. The fourth-order valence-electron chi connectivity index (χ4n) is 4.05. The molecule has 0 aromatic heterocycles. The molecule has 0 radical (unpaired) electrons. The summed E-state index contributed by atoms with van der Waals surface area (Å²) in [5.74, 6) is 1.11. The zero-order valence-corrected chi connectivity index (χ0v) is 11.9. The lowest BCUT2D eigenvalue weighted by Crippen LogP contribution is -2.42. The Morgan fingerprint density at radius 2 is 2.14 bits per heavy atom. The van der Waals surface area contributed by atoms with Crippen LogP contribution in [-0.2, 0) is 0 Å². The van der Waals surface area contributed by atoms with Gasteiger partial charge in [-0.1, -0.05) is 30.4 Å². The summed E-state index contributed by atoms with van der Waals surface area (Å²) in [4.78, 5) is 0. The normalized spacial score (nSPS) is 33.4. The summed E-state index contributed by atoms with van der Waals surface area (Å²) < 4.78 is 0. The van der Waals surface area contributed by atoms with Crippen molar-refractivity contribution in [2.24, 2.45) is 11.8 Å². The van der Waals surface area contributed by atoms with Crippen LogP contribution >= 0.6 is 0 Å². The van der Waals surface area contributed by atoms with Crippen LogP contribution in [0.15, 0.2) is 48.1 Å². The fraction of sp³-hybridized carbons (Fsp3) is 0.389. The molecule has 3 nitrogen and oxygen atoms in total. The molecule has 1 fully saturated rings. The number of nitriles is 1. The highest BCUT2D eigenvalue weighted by atomic mass is 15.1. The molecule has 0 bridgehead atoms. The molecule has 3 heteroatoms. The molecule has 1 aliphatic carbocycles. The maximum absolute atomic E-state index is 8.97. The number of hydrogen-bond acceptors (Lipinski definition) is 3. The van der Waals surface area contributed by atoms with Crippen LogP contribution in [0.3, 0.4) is 0 Å². The Morgan fingerprint density at radius 3 is 2.95 bits per heavy atom. The molecule has 1 aromatic carbocycles. The summed E-state index contributed by atoms with van der Waals surface area (Å²) in [6.45, 7) is 1.09. The number of nitrogens with one attached hydrogen (secondary N) is 2. The van der Waals surface area contributed by atoms with Crippen molar-refractivity contribution in [1.29, 1.82) is 5.26 Å². The third kappa shape index (κ3) is 2.07. The third-order valence-corrected chi connectivity index (χ3v) is 5.07. The molecule has 3 aliphatic rings. The minimum absolute atomic E-state index is 0.452. The first-order chi connectivity index (χ1) is 10.4. The molecule has 106 valence electrons. The Balaban J connectivity index is 1.64. The van der Waals surface area contributed by atoms with Crippen molar-refractivity contribution >= 4 is 5.69 Å². The van der Waals surface area contributed by atoms with Crippen molar-refractivity contribution in [2.75, 3.05) is 11.9 Å². The van der Waals surface area contributed by atoms with E-state index in [0.717, 1.165) is 18.5 Å². The SMILES string of the molecule is N#CC1=CCC([C@@H]2Nc3ccccc3[C@@H]3NCC[C@@H]32)C=C1. The molecule has 0 amide bonds. The van der Waals surface area contributed by atoms with Crippen molar-refractivity contribution in [3.05, 3.63) is 53.6 Å². The molecule has 1 saturated heterocycles. The van der Waals surface area contributed by atoms with Gasteiger partial charge in [-0.25, -0.2) is 0 Å². The number of nitrogens with zero attached hydrogens (tertiary/aromatic N) is 1. The van der Waals surface area contributed by atoms with Gasteiger partial charge in [0, 0.05) is 35.2 Å². The van der Waals surface area contributed by atoms with E-state index >= 15 is 0 Å². The maximum atomic E-state index is 8.97. The zero-order chi connectivity index (χ0) is 14.2. The molecule has 4 atom stereocenters. The van der Waals surface area contributed by atoms with Gasteiger partial charge in [0.1, 0.15) is 0 Å². The number of anilines is 1. The molecule has 0 saturated carbocycles. The lowest BCUT2D eigenvalue weighted by Gasteiger charge is -2.40. The number of allylic oxidation sites excluding steroid dienone is 3. The standard InChI is InChI=1S/C18H19N3/c19-11-12-5-7-13(8-6-12)17-15-9-10-20-18(15)14-3-1-2-4-16(14)21-17/h1-7,13,15,17-18,20-21H,8-10H2/t13?,15-,17+,18+/m1/s1. The van der Waals surface area contributed by atoms with Crippen LogP contribution in [0, 0.1) is 23.2 Å². The average molecular weight is 277 g/mol. The summed E-state index contributed by atoms with van der Waals surface area (Å²) >= 11 is 0. The summed E-state index contributed by atoms with van der Waals surface area (Å²) in [5, 5.41) is 16.4. The van der Waals surface area contributed by atoms with Crippen LogP contribution in [0.5, 0.6) is 0 Å². The van der Waals surface area contributed by atoms with E-state index in [0.29, 0.717) is 23.9 Å². The lowest BCUT2D eigenvalue weighted by molar-refractivity contribution is 0.327. The van der Waals surface area contributed by atoms with Crippen molar-refractivity contribution < 1.29 is 0 Å². The first-order valence-electron chi connectivity index (χ1n) is 7.74. The smallest absolute Gasteiger partial charge is 0.0988 e. The Hall–Kier alpha value is -2.05. The zero-order valence-electron chi connectivity index (χ0n) is 11.9.